The van der Waals surface area contributed by atoms with Gasteiger partial charge in [0.25, 0.3) is 0 Å². The first-order chi connectivity index (χ1) is 7.84. The maximum atomic E-state index is 6.06. The summed E-state index contributed by atoms with van der Waals surface area (Å²) in [5.74, 6) is 0.966. The third-order valence-electron chi connectivity index (χ3n) is 3.29. The zero-order chi connectivity index (χ0) is 11.0. The lowest BCUT2D eigenvalue weighted by molar-refractivity contribution is 0.304. The van der Waals surface area contributed by atoms with Crippen molar-refractivity contribution in [3.8, 4) is 5.75 Å². The highest BCUT2D eigenvalue weighted by atomic mass is 35.5. The van der Waals surface area contributed by atoms with Crippen molar-refractivity contribution in [1.29, 1.82) is 0 Å². The van der Waals surface area contributed by atoms with Gasteiger partial charge in [-0.1, -0.05) is 11.6 Å². The van der Waals surface area contributed by atoms with E-state index in [9.17, 15) is 0 Å². The summed E-state index contributed by atoms with van der Waals surface area (Å²) in [5.41, 5.74) is 1.15. The lowest BCUT2D eigenvalue weighted by atomic mass is 10.1. The number of fused-ring (bicyclic) bond motifs is 3. The molecule has 1 aromatic carbocycles. The molecule has 0 amide bonds. The van der Waals surface area contributed by atoms with Gasteiger partial charge in [0.15, 0.2) is 0 Å². The molecule has 0 bridgehead atoms. The van der Waals surface area contributed by atoms with Gasteiger partial charge in [0.2, 0.25) is 0 Å². The van der Waals surface area contributed by atoms with Crippen molar-refractivity contribution in [3.05, 3.63) is 23.2 Å². The standard InChI is InChI=1S/C12H15ClN2O/c13-9-1-2-12-11(7-9)15-5-4-14-8-10(15)3-6-16-12/h1-2,7,10,14H,3-6,8H2/t10-/m1/s1. The van der Waals surface area contributed by atoms with Crippen molar-refractivity contribution in [2.45, 2.75) is 12.5 Å². The van der Waals surface area contributed by atoms with E-state index in [0.29, 0.717) is 6.04 Å². The molecule has 1 atom stereocenters. The van der Waals surface area contributed by atoms with Crippen LogP contribution in [0.15, 0.2) is 18.2 Å². The number of ether oxygens (including phenoxy) is 1. The van der Waals surface area contributed by atoms with E-state index in [1.54, 1.807) is 0 Å². The third kappa shape index (κ3) is 1.74. The Labute approximate surface area is 100 Å². The molecule has 1 saturated heterocycles. The van der Waals surface area contributed by atoms with Gasteiger partial charge in [-0.25, -0.2) is 0 Å². The monoisotopic (exact) mass is 238 g/mol. The number of hydrogen-bond acceptors (Lipinski definition) is 3. The van der Waals surface area contributed by atoms with Gasteiger partial charge in [0, 0.05) is 37.1 Å². The summed E-state index contributed by atoms with van der Waals surface area (Å²) >= 11 is 6.06. The number of nitrogens with zero attached hydrogens (tertiary/aromatic N) is 1. The number of benzene rings is 1. The van der Waals surface area contributed by atoms with Crippen LogP contribution < -0.4 is 15.0 Å². The highest BCUT2D eigenvalue weighted by molar-refractivity contribution is 6.30. The van der Waals surface area contributed by atoms with Crippen LogP contribution in [0.5, 0.6) is 5.75 Å². The Morgan fingerprint density at radius 3 is 3.31 bits per heavy atom. The van der Waals surface area contributed by atoms with Crippen molar-refractivity contribution in [2.75, 3.05) is 31.1 Å². The summed E-state index contributed by atoms with van der Waals surface area (Å²) in [6.07, 6.45) is 1.07. The van der Waals surface area contributed by atoms with Gasteiger partial charge in [-0.2, -0.15) is 0 Å². The lowest BCUT2D eigenvalue weighted by Crippen LogP contribution is -2.51. The second-order valence-corrected chi connectivity index (χ2v) is 4.74. The molecule has 1 fully saturated rings. The Hall–Kier alpha value is -0.930. The highest BCUT2D eigenvalue weighted by Gasteiger charge is 2.27. The van der Waals surface area contributed by atoms with Gasteiger partial charge in [-0.3, -0.25) is 0 Å². The molecule has 2 heterocycles. The van der Waals surface area contributed by atoms with Gasteiger partial charge in [-0.15, -0.1) is 0 Å². The summed E-state index contributed by atoms with van der Waals surface area (Å²) in [5, 5.41) is 4.21. The first-order valence-corrected chi connectivity index (χ1v) is 6.12. The van der Waals surface area contributed by atoms with Crippen LogP contribution in [0.1, 0.15) is 6.42 Å². The average molecular weight is 239 g/mol. The molecule has 1 N–H and O–H groups in total. The number of hydrogen-bond donors (Lipinski definition) is 1. The summed E-state index contributed by atoms with van der Waals surface area (Å²) in [4.78, 5) is 2.42. The predicted molar refractivity (Wildman–Crippen MR) is 65.6 cm³/mol. The van der Waals surface area contributed by atoms with E-state index in [-0.39, 0.29) is 0 Å². The average Bonchev–Trinajstić information content (AvgIpc) is 2.48. The molecule has 16 heavy (non-hydrogen) atoms. The Bertz CT molecular complexity index is 397. The Kier molecular flexibility index (Phi) is 2.65. The van der Waals surface area contributed by atoms with Crippen LogP contribution in [0, 0.1) is 0 Å². The molecule has 3 rings (SSSR count). The summed E-state index contributed by atoms with van der Waals surface area (Å²) in [7, 11) is 0. The molecular formula is C12H15ClN2O. The fourth-order valence-electron chi connectivity index (χ4n) is 2.48. The molecule has 0 aromatic heterocycles. The molecule has 86 valence electrons. The van der Waals surface area contributed by atoms with Crippen LogP contribution in [-0.4, -0.2) is 32.3 Å². The van der Waals surface area contributed by atoms with Gasteiger partial charge >= 0.3 is 0 Å². The van der Waals surface area contributed by atoms with E-state index in [0.717, 1.165) is 49.1 Å². The van der Waals surface area contributed by atoms with Crippen molar-refractivity contribution >= 4 is 17.3 Å². The minimum Gasteiger partial charge on any atom is -0.491 e. The number of anilines is 1. The molecule has 0 unspecified atom stereocenters. The van der Waals surface area contributed by atoms with Crippen LogP contribution in [0.25, 0.3) is 0 Å². The van der Waals surface area contributed by atoms with E-state index in [2.05, 4.69) is 10.2 Å². The maximum absolute atomic E-state index is 6.06. The molecule has 0 spiro atoms. The fourth-order valence-corrected chi connectivity index (χ4v) is 2.64. The van der Waals surface area contributed by atoms with Crippen LogP contribution in [0.2, 0.25) is 5.02 Å². The van der Waals surface area contributed by atoms with Crippen LogP contribution in [0.3, 0.4) is 0 Å². The number of piperazine rings is 1. The molecule has 1 aromatic rings. The van der Waals surface area contributed by atoms with Crippen LogP contribution in [0.4, 0.5) is 5.69 Å². The number of rotatable bonds is 0. The third-order valence-corrected chi connectivity index (χ3v) is 3.52. The second-order valence-electron chi connectivity index (χ2n) is 4.30. The van der Waals surface area contributed by atoms with Crippen molar-refractivity contribution in [3.63, 3.8) is 0 Å². The topological polar surface area (TPSA) is 24.5 Å². The summed E-state index contributed by atoms with van der Waals surface area (Å²) < 4.78 is 5.77. The Morgan fingerprint density at radius 1 is 1.44 bits per heavy atom. The molecule has 0 radical (unpaired) electrons. The predicted octanol–water partition coefficient (Wildman–Crippen LogP) is 1.90. The SMILES string of the molecule is Clc1ccc2c(c1)N1CCNC[C@H]1CCO2. The molecule has 4 heteroatoms. The first-order valence-electron chi connectivity index (χ1n) is 5.74. The summed E-state index contributed by atoms with van der Waals surface area (Å²) in [6, 6.07) is 6.42. The first kappa shape index (κ1) is 10.2. The van der Waals surface area contributed by atoms with Crippen LogP contribution >= 0.6 is 11.6 Å². The lowest BCUT2D eigenvalue weighted by Gasteiger charge is -2.36. The molecule has 2 aliphatic heterocycles. The minimum absolute atomic E-state index is 0.536. The maximum Gasteiger partial charge on any atom is 0.142 e. The van der Waals surface area contributed by atoms with E-state index in [1.165, 1.54) is 0 Å². The molecule has 2 aliphatic rings. The van der Waals surface area contributed by atoms with Gasteiger partial charge in [0.1, 0.15) is 5.75 Å². The zero-order valence-electron chi connectivity index (χ0n) is 9.08. The van der Waals surface area contributed by atoms with Crippen LogP contribution in [-0.2, 0) is 0 Å². The largest absolute Gasteiger partial charge is 0.491 e. The summed E-state index contributed by atoms with van der Waals surface area (Å²) in [6.45, 7) is 3.89. The quantitative estimate of drug-likeness (QED) is 0.747. The minimum atomic E-state index is 0.536. The smallest absolute Gasteiger partial charge is 0.142 e. The molecule has 0 aliphatic carbocycles. The molecule has 3 nitrogen and oxygen atoms in total. The molecule has 0 saturated carbocycles. The second kappa shape index (κ2) is 4.15. The number of nitrogens with one attached hydrogen (secondary N) is 1. The van der Waals surface area contributed by atoms with Crippen molar-refractivity contribution in [1.82, 2.24) is 5.32 Å². The normalized spacial score (nSPS) is 24.1. The van der Waals surface area contributed by atoms with Gasteiger partial charge < -0.3 is 15.0 Å². The molecular weight excluding hydrogens is 224 g/mol. The Morgan fingerprint density at radius 2 is 2.38 bits per heavy atom. The Balaban J connectivity index is 2.02. The van der Waals surface area contributed by atoms with Crippen molar-refractivity contribution < 1.29 is 4.74 Å². The van der Waals surface area contributed by atoms with Gasteiger partial charge in [-0.05, 0) is 18.2 Å². The van der Waals surface area contributed by atoms with E-state index in [1.807, 2.05) is 18.2 Å². The zero-order valence-corrected chi connectivity index (χ0v) is 9.83. The van der Waals surface area contributed by atoms with E-state index < -0.39 is 0 Å². The van der Waals surface area contributed by atoms with E-state index >= 15 is 0 Å². The number of halogens is 1. The van der Waals surface area contributed by atoms with E-state index in [4.69, 9.17) is 16.3 Å². The fraction of sp³-hybridized carbons (Fsp3) is 0.500. The van der Waals surface area contributed by atoms with Gasteiger partial charge in [0.05, 0.1) is 12.3 Å². The van der Waals surface area contributed by atoms with Crippen molar-refractivity contribution in [2.24, 2.45) is 0 Å². The highest BCUT2D eigenvalue weighted by Crippen LogP contribution is 2.35.